The number of rotatable bonds is 6. The molecule has 152 valence electrons. The van der Waals surface area contributed by atoms with Gasteiger partial charge in [-0.1, -0.05) is 6.92 Å². The minimum Gasteiger partial charge on any atom is -0.459 e. The Balaban J connectivity index is 1.71. The van der Waals surface area contributed by atoms with Crippen LogP contribution in [-0.4, -0.2) is 53.9 Å². The fourth-order valence-electron chi connectivity index (χ4n) is 3.72. The highest BCUT2D eigenvalue weighted by atomic mass is 32.1. The number of nitrogens with zero attached hydrogens (tertiary/aromatic N) is 3. The minimum atomic E-state index is -0.215. The van der Waals surface area contributed by atoms with Crippen LogP contribution >= 0.6 is 11.3 Å². The lowest BCUT2D eigenvalue weighted by Crippen LogP contribution is -2.46. The van der Waals surface area contributed by atoms with Gasteiger partial charge in [0.05, 0.1) is 12.3 Å². The van der Waals surface area contributed by atoms with E-state index in [9.17, 15) is 4.79 Å². The van der Waals surface area contributed by atoms with Gasteiger partial charge in [0.1, 0.15) is 5.00 Å². The summed E-state index contributed by atoms with van der Waals surface area (Å²) in [5.74, 6) is 0.107. The third kappa shape index (κ3) is 4.42. The zero-order valence-corrected chi connectivity index (χ0v) is 17.6. The van der Waals surface area contributed by atoms with Crippen LogP contribution in [0.4, 0.5) is 5.00 Å². The Morgan fingerprint density at radius 2 is 2.00 bits per heavy atom. The summed E-state index contributed by atoms with van der Waals surface area (Å²) in [5.41, 5.74) is 2.33. The molecule has 1 unspecified atom stereocenters. The Hall–Kier alpha value is -2.48. The van der Waals surface area contributed by atoms with Gasteiger partial charge in [-0.2, -0.15) is 0 Å². The van der Waals surface area contributed by atoms with Crippen LogP contribution in [0, 0.1) is 0 Å². The standard InChI is InChI=1S/C22H26N4O2S/c1-3-17-15-18(22(29-17)24-21(27)19-5-4-14-28-19)20(16-6-8-23-9-7-16)26-12-10-25(2)11-13-26/h4-9,14-15,20H,3,10-13H2,1-2H3,(H,24,27). The predicted molar refractivity (Wildman–Crippen MR) is 116 cm³/mol. The van der Waals surface area contributed by atoms with Crippen LogP contribution in [0.2, 0.25) is 0 Å². The van der Waals surface area contributed by atoms with Gasteiger partial charge in [-0.3, -0.25) is 14.7 Å². The van der Waals surface area contributed by atoms with E-state index in [1.807, 2.05) is 12.4 Å². The van der Waals surface area contributed by atoms with Crippen molar-refractivity contribution in [2.75, 3.05) is 38.5 Å². The van der Waals surface area contributed by atoms with Gasteiger partial charge in [0.15, 0.2) is 5.76 Å². The van der Waals surface area contributed by atoms with Crippen LogP contribution in [0.3, 0.4) is 0 Å². The van der Waals surface area contributed by atoms with E-state index >= 15 is 0 Å². The third-order valence-electron chi connectivity index (χ3n) is 5.35. The normalized spacial score (nSPS) is 16.6. The van der Waals surface area contributed by atoms with Crippen molar-refractivity contribution in [1.29, 1.82) is 0 Å². The van der Waals surface area contributed by atoms with Gasteiger partial charge < -0.3 is 14.6 Å². The lowest BCUT2D eigenvalue weighted by atomic mass is 9.98. The molecule has 1 fully saturated rings. The number of furan rings is 1. The highest BCUT2D eigenvalue weighted by Gasteiger charge is 2.29. The number of hydrogen-bond acceptors (Lipinski definition) is 6. The fourth-order valence-corrected chi connectivity index (χ4v) is 4.74. The van der Waals surface area contributed by atoms with Gasteiger partial charge in [-0.05, 0) is 49.4 Å². The van der Waals surface area contributed by atoms with Gasteiger partial charge in [-0.25, -0.2) is 0 Å². The summed E-state index contributed by atoms with van der Waals surface area (Å²) < 4.78 is 5.28. The number of carbonyl (C=O) groups excluding carboxylic acids is 1. The van der Waals surface area contributed by atoms with Crippen molar-refractivity contribution in [3.63, 3.8) is 0 Å². The van der Waals surface area contributed by atoms with Crippen molar-refractivity contribution in [2.24, 2.45) is 0 Å². The molecule has 1 atom stereocenters. The zero-order valence-electron chi connectivity index (χ0n) is 16.8. The summed E-state index contributed by atoms with van der Waals surface area (Å²) >= 11 is 1.65. The summed E-state index contributed by atoms with van der Waals surface area (Å²) in [5, 5.41) is 3.99. The van der Waals surface area contributed by atoms with E-state index in [1.165, 1.54) is 16.7 Å². The molecular formula is C22H26N4O2S. The molecule has 0 radical (unpaired) electrons. The molecule has 29 heavy (non-hydrogen) atoms. The molecule has 7 heteroatoms. The van der Waals surface area contributed by atoms with E-state index in [1.54, 1.807) is 23.5 Å². The molecule has 1 aliphatic heterocycles. The van der Waals surface area contributed by atoms with Crippen molar-refractivity contribution in [3.8, 4) is 0 Å². The second-order valence-electron chi connectivity index (χ2n) is 7.30. The highest BCUT2D eigenvalue weighted by molar-refractivity contribution is 7.16. The molecule has 1 amide bonds. The number of carbonyl (C=O) groups is 1. The zero-order chi connectivity index (χ0) is 20.2. The molecule has 6 nitrogen and oxygen atoms in total. The number of likely N-dealkylation sites (N-methyl/N-ethyl adjacent to an activating group) is 1. The first-order valence-corrected chi connectivity index (χ1v) is 10.8. The molecule has 4 heterocycles. The molecule has 0 bridgehead atoms. The maximum Gasteiger partial charge on any atom is 0.291 e. The average molecular weight is 411 g/mol. The van der Waals surface area contributed by atoms with Gasteiger partial charge in [-0.15, -0.1) is 11.3 Å². The summed E-state index contributed by atoms with van der Waals surface area (Å²) in [6.45, 7) is 6.16. The quantitative estimate of drug-likeness (QED) is 0.668. The Bertz CT molecular complexity index is 931. The Morgan fingerprint density at radius 3 is 2.66 bits per heavy atom. The van der Waals surface area contributed by atoms with Gasteiger partial charge in [0.2, 0.25) is 0 Å². The molecule has 0 aliphatic carbocycles. The van der Waals surface area contributed by atoms with E-state index in [4.69, 9.17) is 4.42 Å². The van der Waals surface area contributed by atoms with Crippen LogP contribution in [0.1, 0.15) is 39.5 Å². The molecule has 3 aromatic heterocycles. The van der Waals surface area contributed by atoms with Crippen LogP contribution in [0.15, 0.2) is 53.4 Å². The largest absolute Gasteiger partial charge is 0.459 e. The second kappa shape index (κ2) is 8.90. The third-order valence-corrected chi connectivity index (χ3v) is 6.56. The van der Waals surface area contributed by atoms with Crippen LogP contribution in [0.5, 0.6) is 0 Å². The SMILES string of the molecule is CCc1cc(C(c2ccncc2)N2CCN(C)CC2)c(NC(=O)c2ccco2)s1. The molecule has 1 N–H and O–H groups in total. The summed E-state index contributed by atoms with van der Waals surface area (Å²) in [4.78, 5) is 23.0. The number of aromatic nitrogens is 1. The number of nitrogens with one attached hydrogen (secondary N) is 1. The second-order valence-corrected chi connectivity index (χ2v) is 8.44. The number of piperazine rings is 1. The number of aryl methyl sites for hydroxylation is 1. The lowest BCUT2D eigenvalue weighted by Gasteiger charge is -2.38. The Morgan fingerprint density at radius 1 is 1.24 bits per heavy atom. The smallest absolute Gasteiger partial charge is 0.291 e. The number of hydrogen-bond donors (Lipinski definition) is 1. The predicted octanol–water partition coefficient (Wildman–Crippen LogP) is 3.89. The van der Waals surface area contributed by atoms with E-state index in [0.717, 1.165) is 43.2 Å². The van der Waals surface area contributed by atoms with Crippen molar-refractivity contribution >= 4 is 22.2 Å². The molecule has 3 aromatic rings. The Kier molecular flexibility index (Phi) is 6.08. The first-order valence-electron chi connectivity index (χ1n) is 9.95. The number of amides is 1. The molecule has 0 saturated carbocycles. The van der Waals surface area contributed by atoms with E-state index < -0.39 is 0 Å². The lowest BCUT2D eigenvalue weighted by molar-refractivity contribution is 0.0996. The fraction of sp³-hybridized carbons (Fsp3) is 0.364. The minimum absolute atomic E-state index is 0.0788. The first-order chi connectivity index (χ1) is 14.2. The van der Waals surface area contributed by atoms with E-state index in [2.05, 4.69) is 52.3 Å². The van der Waals surface area contributed by atoms with Crippen LogP contribution in [0.25, 0.3) is 0 Å². The maximum atomic E-state index is 12.7. The monoisotopic (exact) mass is 410 g/mol. The maximum absolute atomic E-state index is 12.7. The highest BCUT2D eigenvalue weighted by Crippen LogP contribution is 2.39. The molecule has 1 aliphatic rings. The van der Waals surface area contributed by atoms with Crippen molar-refractivity contribution in [2.45, 2.75) is 19.4 Å². The van der Waals surface area contributed by atoms with Crippen molar-refractivity contribution in [3.05, 3.63) is 70.8 Å². The molecule has 1 saturated heterocycles. The van der Waals surface area contributed by atoms with E-state index in [-0.39, 0.29) is 11.9 Å². The number of pyridine rings is 1. The molecular weight excluding hydrogens is 384 g/mol. The van der Waals surface area contributed by atoms with Gasteiger partial charge >= 0.3 is 0 Å². The summed E-state index contributed by atoms with van der Waals surface area (Å²) in [6.07, 6.45) is 6.13. The van der Waals surface area contributed by atoms with Crippen molar-refractivity contribution < 1.29 is 9.21 Å². The van der Waals surface area contributed by atoms with Crippen LogP contribution in [-0.2, 0) is 6.42 Å². The molecule has 4 rings (SSSR count). The van der Waals surface area contributed by atoms with Crippen molar-refractivity contribution in [1.82, 2.24) is 14.8 Å². The van der Waals surface area contributed by atoms with Gasteiger partial charge in [0, 0.05) is 49.0 Å². The molecule has 0 spiro atoms. The van der Waals surface area contributed by atoms with E-state index in [0.29, 0.717) is 5.76 Å². The Labute approximate surface area is 175 Å². The summed E-state index contributed by atoms with van der Waals surface area (Å²) in [7, 11) is 2.16. The number of anilines is 1. The van der Waals surface area contributed by atoms with Gasteiger partial charge in [0.25, 0.3) is 5.91 Å². The topological polar surface area (TPSA) is 61.6 Å². The molecule has 0 aromatic carbocycles. The van der Waals surface area contributed by atoms with Crippen LogP contribution < -0.4 is 5.32 Å². The average Bonchev–Trinajstić information content (AvgIpc) is 3.41. The summed E-state index contributed by atoms with van der Waals surface area (Å²) in [6, 6.07) is 9.88. The first kappa shape index (κ1) is 19.8. The number of thiophene rings is 1.